The van der Waals surface area contributed by atoms with Crippen LogP contribution >= 0.6 is 27.3 Å². The average molecular weight is 265 g/mol. The number of ether oxygens (including phenoxy) is 1. The molecular formula is C9H13BrO2S. The van der Waals surface area contributed by atoms with Crippen molar-refractivity contribution < 1.29 is 9.84 Å². The molecule has 1 heterocycles. The van der Waals surface area contributed by atoms with E-state index >= 15 is 0 Å². The predicted octanol–water partition coefficient (Wildman–Crippen LogP) is 2.45. The van der Waals surface area contributed by atoms with Crippen LogP contribution in [0.25, 0.3) is 0 Å². The van der Waals surface area contributed by atoms with E-state index in [0.717, 1.165) is 4.47 Å². The van der Waals surface area contributed by atoms with Gasteiger partial charge in [-0.15, -0.1) is 11.3 Å². The van der Waals surface area contributed by atoms with E-state index in [1.807, 2.05) is 18.4 Å². The summed E-state index contributed by atoms with van der Waals surface area (Å²) in [5.74, 6) is 0. The molecule has 4 heteroatoms. The molecule has 1 rings (SSSR count). The van der Waals surface area contributed by atoms with Gasteiger partial charge in [0.1, 0.15) is 0 Å². The van der Waals surface area contributed by atoms with Crippen LogP contribution in [0, 0.1) is 0 Å². The molecule has 0 saturated carbocycles. The third-order valence-corrected chi connectivity index (χ3v) is 3.58. The highest BCUT2D eigenvalue weighted by atomic mass is 79.9. The first-order chi connectivity index (χ1) is 6.24. The van der Waals surface area contributed by atoms with Crippen LogP contribution in [0.2, 0.25) is 0 Å². The van der Waals surface area contributed by atoms with E-state index in [-0.39, 0.29) is 0 Å². The van der Waals surface area contributed by atoms with Gasteiger partial charge in [-0.1, -0.05) is 0 Å². The molecule has 1 aromatic rings. The van der Waals surface area contributed by atoms with Crippen LogP contribution in [0.3, 0.4) is 0 Å². The van der Waals surface area contributed by atoms with Crippen molar-refractivity contribution in [1.29, 1.82) is 0 Å². The number of halogens is 1. The number of thiophene rings is 1. The molecule has 1 aromatic heterocycles. The SMILES string of the molecule is CCOCC(O)Cc1sccc1Br. The molecule has 0 bridgehead atoms. The Labute approximate surface area is 90.7 Å². The molecule has 0 aromatic carbocycles. The summed E-state index contributed by atoms with van der Waals surface area (Å²) in [7, 11) is 0. The molecule has 1 N–H and O–H groups in total. The second kappa shape index (κ2) is 5.75. The fourth-order valence-corrected chi connectivity index (χ4v) is 2.58. The predicted molar refractivity (Wildman–Crippen MR) is 58.2 cm³/mol. The molecule has 0 fully saturated rings. The molecule has 13 heavy (non-hydrogen) atoms. The van der Waals surface area contributed by atoms with Crippen molar-refractivity contribution in [2.75, 3.05) is 13.2 Å². The first-order valence-corrected chi connectivity index (χ1v) is 5.89. The molecule has 1 unspecified atom stereocenters. The van der Waals surface area contributed by atoms with Gasteiger partial charge in [-0.25, -0.2) is 0 Å². The maximum absolute atomic E-state index is 9.54. The third-order valence-electron chi connectivity index (χ3n) is 1.63. The summed E-state index contributed by atoms with van der Waals surface area (Å²) in [4.78, 5) is 1.17. The van der Waals surface area contributed by atoms with Crippen molar-refractivity contribution >= 4 is 27.3 Å². The average Bonchev–Trinajstić information content (AvgIpc) is 2.48. The lowest BCUT2D eigenvalue weighted by Crippen LogP contribution is -2.17. The first-order valence-electron chi connectivity index (χ1n) is 4.21. The lowest BCUT2D eigenvalue weighted by molar-refractivity contribution is 0.0433. The highest BCUT2D eigenvalue weighted by Crippen LogP contribution is 2.23. The molecule has 0 spiro atoms. The molecule has 0 amide bonds. The smallest absolute Gasteiger partial charge is 0.0822 e. The summed E-state index contributed by atoms with van der Waals surface area (Å²) in [5.41, 5.74) is 0. The van der Waals surface area contributed by atoms with Crippen LogP contribution in [0.4, 0.5) is 0 Å². The van der Waals surface area contributed by atoms with E-state index in [4.69, 9.17) is 4.74 Å². The minimum atomic E-state index is -0.394. The normalized spacial score (nSPS) is 13.2. The lowest BCUT2D eigenvalue weighted by Gasteiger charge is -2.08. The van der Waals surface area contributed by atoms with Crippen molar-refractivity contribution in [1.82, 2.24) is 0 Å². The van der Waals surface area contributed by atoms with E-state index in [1.54, 1.807) is 11.3 Å². The highest BCUT2D eigenvalue weighted by molar-refractivity contribution is 9.10. The van der Waals surface area contributed by atoms with Gasteiger partial charge in [0, 0.05) is 22.4 Å². The van der Waals surface area contributed by atoms with Gasteiger partial charge in [-0.2, -0.15) is 0 Å². The van der Waals surface area contributed by atoms with Gasteiger partial charge >= 0.3 is 0 Å². The monoisotopic (exact) mass is 264 g/mol. The largest absolute Gasteiger partial charge is 0.390 e. The van der Waals surface area contributed by atoms with Gasteiger partial charge in [-0.3, -0.25) is 0 Å². The van der Waals surface area contributed by atoms with E-state index in [2.05, 4.69) is 15.9 Å². The summed E-state index contributed by atoms with van der Waals surface area (Å²) in [5, 5.41) is 11.5. The minimum absolute atomic E-state index is 0.394. The molecule has 1 atom stereocenters. The second-order valence-corrected chi connectivity index (χ2v) is 4.56. The van der Waals surface area contributed by atoms with E-state index in [0.29, 0.717) is 19.6 Å². The van der Waals surface area contributed by atoms with Gasteiger partial charge in [0.2, 0.25) is 0 Å². The molecule has 0 saturated heterocycles. The standard InChI is InChI=1S/C9H13BrO2S/c1-2-12-6-7(11)5-9-8(10)3-4-13-9/h3-4,7,11H,2,5-6H2,1H3. The topological polar surface area (TPSA) is 29.5 Å². The molecule has 74 valence electrons. The molecule has 0 radical (unpaired) electrons. The van der Waals surface area contributed by atoms with Crippen LogP contribution in [0.5, 0.6) is 0 Å². The quantitative estimate of drug-likeness (QED) is 0.886. The van der Waals surface area contributed by atoms with Crippen molar-refractivity contribution in [3.8, 4) is 0 Å². The van der Waals surface area contributed by atoms with Crippen molar-refractivity contribution in [2.45, 2.75) is 19.4 Å². The second-order valence-electron chi connectivity index (χ2n) is 2.71. The Bertz CT molecular complexity index is 250. The summed E-state index contributed by atoms with van der Waals surface area (Å²) in [6, 6.07) is 1.99. The highest BCUT2D eigenvalue weighted by Gasteiger charge is 2.08. The Kier molecular flexibility index (Phi) is 4.94. The molecule has 0 aliphatic carbocycles. The lowest BCUT2D eigenvalue weighted by atomic mass is 10.2. The van der Waals surface area contributed by atoms with Crippen molar-refractivity contribution in [3.63, 3.8) is 0 Å². The fraction of sp³-hybridized carbons (Fsp3) is 0.556. The fourth-order valence-electron chi connectivity index (χ4n) is 0.998. The summed E-state index contributed by atoms with van der Waals surface area (Å²) in [6.07, 6.45) is 0.271. The van der Waals surface area contributed by atoms with Crippen LogP contribution in [0.15, 0.2) is 15.9 Å². The number of aliphatic hydroxyl groups is 1. The van der Waals surface area contributed by atoms with Crippen LogP contribution in [0.1, 0.15) is 11.8 Å². The molecular weight excluding hydrogens is 252 g/mol. The summed E-state index contributed by atoms with van der Waals surface area (Å²) >= 11 is 5.07. The van der Waals surface area contributed by atoms with Gasteiger partial charge in [-0.05, 0) is 34.3 Å². The maximum Gasteiger partial charge on any atom is 0.0822 e. The van der Waals surface area contributed by atoms with Gasteiger partial charge in [0.25, 0.3) is 0 Å². The molecule has 2 nitrogen and oxygen atoms in total. The van der Waals surface area contributed by atoms with Crippen LogP contribution < -0.4 is 0 Å². The Morgan fingerprint density at radius 1 is 1.69 bits per heavy atom. The van der Waals surface area contributed by atoms with Crippen molar-refractivity contribution in [3.05, 3.63) is 20.8 Å². The number of rotatable bonds is 5. The molecule has 0 aliphatic rings. The zero-order valence-electron chi connectivity index (χ0n) is 7.50. The van der Waals surface area contributed by atoms with Crippen molar-refractivity contribution in [2.24, 2.45) is 0 Å². The Morgan fingerprint density at radius 3 is 3.00 bits per heavy atom. The zero-order valence-corrected chi connectivity index (χ0v) is 9.90. The Morgan fingerprint density at radius 2 is 2.46 bits per heavy atom. The third kappa shape index (κ3) is 3.77. The van der Waals surface area contributed by atoms with E-state index in [9.17, 15) is 5.11 Å². The summed E-state index contributed by atoms with van der Waals surface area (Å²) in [6.45, 7) is 3.00. The minimum Gasteiger partial charge on any atom is -0.390 e. The first kappa shape index (κ1) is 11.2. The molecule has 0 aliphatic heterocycles. The van der Waals surface area contributed by atoms with E-state index < -0.39 is 6.10 Å². The zero-order chi connectivity index (χ0) is 9.68. The van der Waals surface area contributed by atoms with E-state index in [1.165, 1.54) is 4.88 Å². The van der Waals surface area contributed by atoms with Gasteiger partial charge in [0.05, 0.1) is 12.7 Å². The van der Waals surface area contributed by atoms with Gasteiger partial charge in [0.15, 0.2) is 0 Å². The Hall–Kier alpha value is 0.100. The maximum atomic E-state index is 9.54. The van der Waals surface area contributed by atoms with Gasteiger partial charge < -0.3 is 9.84 Å². The number of aliphatic hydroxyl groups excluding tert-OH is 1. The number of hydrogen-bond acceptors (Lipinski definition) is 3. The van der Waals surface area contributed by atoms with Crippen LogP contribution in [-0.4, -0.2) is 24.4 Å². The Balaban J connectivity index is 2.36. The number of hydrogen-bond donors (Lipinski definition) is 1. The van der Waals surface area contributed by atoms with Crippen LogP contribution in [-0.2, 0) is 11.2 Å². The summed E-state index contributed by atoms with van der Waals surface area (Å²) < 4.78 is 6.20.